The Morgan fingerprint density at radius 1 is 0.588 bits per heavy atom. The predicted molar refractivity (Wildman–Crippen MR) is 131 cm³/mol. The molecule has 34 heavy (non-hydrogen) atoms. The van der Waals surface area contributed by atoms with E-state index in [1.165, 1.54) is 0 Å². The summed E-state index contributed by atoms with van der Waals surface area (Å²) in [6.07, 6.45) is -1.13. The zero-order valence-electron chi connectivity index (χ0n) is 20.3. The molecule has 1 heterocycles. The van der Waals surface area contributed by atoms with Crippen molar-refractivity contribution in [2.45, 2.75) is 26.1 Å². The molecule has 1 saturated heterocycles. The lowest BCUT2D eigenvalue weighted by atomic mass is 10.2. The summed E-state index contributed by atoms with van der Waals surface area (Å²) < 4.78 is 22.2. The van der Waals surface area contributed by atoms with E-state index in [9.17, 15) is 10.2 Å². The molecular weight excluding hydrogens is 436 g/mol. The van der Waals surface area contributed by atoms with Crippen LogP contribution in [-0.2, 0) is 0 Å². The summed E-state index contributed by atoms with van der Waals surface area (Å²) >= 11 is 0. The van der Waals surface area contributed by atoms with E-state index in [4.69, 9.17) is 18.9 Å². The number of ether oxygens (including phenoxy) is 4. The molecule has 2 unspecified atom stereocenters. The average molecular weight is 475 g/mol. The SMILES string of the molecule is CCOc1ccc(OCC(O)CN2CCN(CC(O)COc3ccc(OCC)cc3)CC2)cc1. The Labute approximate surface area is 202 Å². The van der Waals surface area contributed by atoms with E-state index in [1.807, 2.05) is 62.4 Å². The maximum atomic E-state index is 10.4. The normalized spacial score (nSPS) is 16.6. The predicted octanol–water partition coefficient (Wildman–Crippen LogP) is 2.28. The molecule has 2 N–H and O–H groups in total. The summed E-state index contributed by atoms with van der Waals surface area (Å²) in [6.45, 7) is 10.1. The molecule has 8 heteroatoms. The van der Waals surface area contributed by atoms with Crippen LogP contribution in [0.15, 0.2) is 48.5 Å². The van der Waals surface area contributed by atoms with Gasteiger partial charge in [0.05, 0.1) is 13.2 Å². The molecule has 0 bridgehead atoms. The zero-order chi connectivity index (χ0) is 24.2. The van der Waals surface area contributed by atoms with Crippen LogP contribution in [0.4, 0.5) is 0 Å². The van der Waals surface area contributed by atoms with Gasteiger partial charge in [-0.3, -0.25) is 9.80 Å². The van der Waals surface area contributed by atoms with Crippen molar-refractivity contribution in [1.82, 2.24) is 9.80 Å². The lowest BCUT2D eigenvalue weighted by Crippen LogP contribution is -2.51. The maximum absolute atomic E-state index is 10.4. The van der Waals surface area contributed by atoms with Crippen LogP contribution in [0.3, 0.4) is 0 Å². The van der Waals surface area contributed by atoms with Gasteiger partial charge in [-0.1, -0.05) is 0 Å². The topological polar surface area (TPSA) is 83.9 Å². The zero-order valence-corrected chi connectivity index (χ0v) is 20.3. The van der Waals surface area contributed by atoms with E-state index < -0.39 is 12.2 Å². The van der Waals surface area contributed by atoms with Gasteiger partial charge in [0.25, 0.3) is 0 Å². The molecule has 188 valence electrons. The van der Waals surface area contributed by atoms with E-state index in [-0.39, 0.29) is 13.2 Å². The molecule has 0 radical (unpaired) electrons. The second-order valence-electron chi connectivity index (χ2n) is 8.34. The fraction of sp³-hybridized carbons (Fsp3) is 0.538. The van der Waals surface area contributed by atoms with Crippen LogP contribution in [0.2, 0.25) is 0 Å². The number of benzene rings is 2. The van der Waals surface area contributed by atoms with Gasteiger partial charge in [-0.2, -0.15) is 0 Å². The van der Waals surface area contributed by atoms with E-state index in [1.54, 1.807) is 0 Å². The fourth-order valence-electron chi connectivity index (χ4n) is 3.84. The van der Waals surface area contributed by atoms with Crippen LogP contribution < -0.4 is 18.9 Å². The molecule has 8 nitrogen and oxygen atoms in total. The van der Waals surface area contributed by atoms with Crippen molar-refractivity contribution in [1.29, 1.82) is 0 Å². The number of nitrogens with zero attached hydrogens (tertiary/aromatic N) is 2. The number of hydrogen-bond acceptors (Lipinski definition) is 8. The molecule has 1 aliphatic heterocycles. The first kappa shape index (κ1) is 26.1. The second-order valence-corrected chi connectivity index (χ2v) is 8.34. The Hall–Kier alpha value is -2.52. The first-order chi connectivity index (χ1) is 16.6. The van der Waals surface area contributed by atoms with Crippen LogP contribution in [-0.4, -0.2) is 97.9 Å². The Kier molecular flexibility index (Phi) is 10.8. The number of aliphatic hydroxyl groups excluding tert-OH is 2. The highest BCUT2D eigenvalue weighted by Crippen LogP contribution is 2.19. The Balaban J connectivity index is 1.29. The number of rotatable bonds is 14. The van der Waals surface area contributed by atoms with Gasteiger partial charge in [-0.15, -0.1) is 0 Å². The van der Waals surface area contributed by atoms with Crippen molar-refractivity contribution >= 4 is 0 Å². The Morgan fingerprint density at radius 3 is 1.18 bits per heavy atom. The Morgan fingerprint density at radius 2 is 0.882 bits per heavy atom. The Bertz CT molecular complexity index is 740. The molecule has 3 rings (SSSR count). The molecule has 0 spiro atoms. The van der Waals surface area contributed by atoms with Crippen LogP contribution >= 0.6 is 0 Å². The van der Waals surface area contributed by atoms with E-state index in [0.717, 1.165) is 37.7 Å². The molecule has 0 amide bonds. The molecule has 1 fully saturated rings. The average Bonchev–Trinajstić information content (AvgIpc) is 2.85. The van der Waals surface area contributed by atoms with Gasteiger partial charge in [0.15, 0.2) is 0 Å². The quantitative estimate of drug-likeness (QED) is 0.432. The molecule has 0 aliphatic carbocycles. The molecule has 0 aromatic heterocycles. The first-order valence-corrected chi connectivity index (χ1v) is 12.1. The monoisotopic (exact) mass is 474 g/mol. The number of aliphatic hydroxyl groups is 2. The van der Waals surface area contributed by atoms with Crippen LogP contribution in [0, 0.1) is 0 Å². The van der Waals surface area contributed by atoms with Gasteiger partial charge in [0.2, 0.25) is 0 Å². The van der Waals surface area contributed by atoms with Crippen molar-refractivity contribution in [2.75, 3.05) is 65.7 Å². The summed E-state index contributed by atoms with van der Waals surface area (Å²) in [4.78, 5) is 4.46. The summed E-state index contributed by atoms with van der Waals surface area (Å²) in [7, 11) is 0. The van der Waals surface area contributed by atoms with Gasteiger partial charge in [-0.25, -0.2) is 0 Å². The minimum absolute atomic E-state index is 0.246. The fourth-order valence-corrected chi connectivity index (χ4v) is 3.84. The number of hydrogen-bond donors (Lipinski definition) is 2. The highest BCUT2D eigenvalue weighted by molar-refractivity contribution is 5.32. The highest BCUT2D eigenvalue weighted by atomic mass is 16.5. The lowest BCUT2D eigenvalue weighted by molar-refractivity contribution is 0.0240. The molecule has 1 aliphatic rings. The molecule has 2 aromatic rings. The molecule has 2 aromatic carbocycles. The minimum Gasteiger partial charge on any atom is -0.494 e. The van der Waals surface area contributed by atoms with Gasteiger partial charge >= 0.3 is 0 Å². The van der Waals surface area contributed by atoms with E-state index in [0.29, 0.717) is 37.8 Å². The third-order valence-electron chi connectivity index (χ3n) is 5.56. The largest absolute Gasteiger partial charge is 0.494 e. The van der Waals surface area contributed by atoms with Crippen molar-refractivity contribution < 1.29 is 29.2 Å². The van der Waals surface area contributed by atoms with Gasteiger partial charge in [-0.05, 0) is 62.4 Å². The van der Waals surface area contributed by atoms with Crippen LogP contribution in [0.1, 0.15) is 13.8 Å². The van der Waals surface area contributed by atoms with Crippen molar-refractivity contribution in [3.63, 3.8) is 0 Å². The summed E-state index contributed by atoms with van der Waals surface area (Å²) in [6, 6.07) is 14.8. The van der Waals surface area contributed by atoms with Crippen molar-refractivity contribution in [2.24, 2.45) is 0 Å². The maximum Gasteiger partial charge on any atom is 0.119 e. The van der Waals surface area contributed by atoms with Gasteiger partial charge in [0.1, 0.15) is 48.4 Å². The first-order valence-electron chi connectivity index (χ1n) is 12.1. The third-order valence-corrected chi connectivity index (χ3v) is 5.56. The smallest absolute Gasteiger partial charge is 0.119 e. The number of β-amino-alcohol motifs (C(OH)–C–C–N with tert-alkyl or cyclic N) is 2. The summed E-state index contributed by atoms with van der Waals surface area (Å²) in [5.41, 5.74) is 0. The minimum atomic E-state index is -0.564. The van der Waals surface area contributed by atoms with Gasteiger partial charge in [0, 0.05) is 39.3 Å². The summed E-state index contributed by atoms with van der Waals surface area (Å²) in [5, 5.41) is 20.7. The van der Waals surface area contributed by atoms with Crippen LogP contribution in [0.25, 0.3) is 0 Å². The molecule has 2 atom stereocenters. The van der Waals surface area contributed by atoms with Gasteiger partial charge < -0.3 is 29.2 Å². The lowest BCUT2D eigenvalue weighted by Gasteiger charge is -2.36. The summed E-state index contributed by atoms with van der Waals surface area (Å²) in [5.74, 6) is 3.05. The number of piperazine rings is 1. The van der Waals surface area contributed by atoms with Crippen molar-refractivity contribution in [3.05, 3.63) is 48.5 Å². The van der Waals surface area contributed by atoms with Crippen molar-refractivity contribution in [3.8, 4) is 23.0 Å². The second kappa shape index (κ2) is 14.0. The van der Waals surface area contributed by atoms with E-state index in [2.05, 4.69) is 9.80 Å². The highest BCUT2D eigenvalue weighted by Gasteiger charge is 2.21. The van der Waals surface area contributed by atoms with E-state index >= 15 is 0 Å². The molecular formula is C26H38N2O6. The van der Waals surface area contributed by atoms with Crippen LogP contribution in [0.5, 0.6) is 23.0 Å². The standard InChI is InChI=1S/C26H38N2O6/c1-3-31-23-5-9-25(10-6-23)33-19-21(29)17-27-13-15-28(16-14-27)18-22(30)20-34-26-11-7-24(8-12-26)32-4-2/h5-12,21-22,29-30H,3-4,13-20H2,1-2H3. The molecule has 0 saturated carbocycles. The third kappa shape index (κ3) is 9.02.